The number of carbonyl (C=O) groups excluding carboxylic acids is 1. The van der Waals surface area contributed by atoms with Gasteiger partial charge in [-0.3, -0.25) is 4.79 Å². The molecule has 29 heavy (non-hydrogen) atoms. The van der Waals surface area contributed by atoms with Crippen LogP contribution in [0, 0.1) is 0 Å². The molecular formula is C21H23ClN2O4S. The Balaban J connectivity index is 1.63. The lowest BCUT2D eigenvalue weighted by Crippen LogP contribution is -2.32. The average molecular weight is 435 g/mol. The number of nitrogens with one attached hydrogen (secondary N) is 1. The second-order valence-electron chi connectivity index (χ2n) is 6.68. The Bertz CT molecular complexity index is 1120. The number of sulfonamides is 1. The fourth-order valence-electron chi connectivity index (χ4n) is 3.16. The number of aryl methyl sites for hydroxylation is 1. The minimum Gasteiger partial charge on any atom is -0.461 e. The second kappa shape index (κ2) is 8.98. The van der Waals surface area contributed by atoms with Gasteiger partial charge in [-0.2, -0.15) is 0 Å². The van der Waals surface area contributed by atoms with E-state index in [2.05, 4.69) is 4.72 Å². The Morgan fingerprint density at radius 1 is 1.14 bits per heavy atom. The third kappa shape index (κ3) is 4.80. The summed E-state index contributed by atoms with van der Waals surface area (Å²) < 4.78 is 33.0. The van der Waals surface area contributed by atoms with Crippen LogP contribution >= 0.6 is 11.6 Å². The van der Waals surface area contributed by atoms with Gasteiger partial charge in [-0.1, -0.05) is 48.9 Å². The molecule has 1 heterocycles. The monoisotopic (exact) mass is 434 g/mol. The summed E-state index contributed by atoms with van der Waals surface area (Å²) in [6.45, 7) is 2.40. The second-order valence-corrected chi connectivity index (χ2v) is 8.82. The van der Waals surface area contributed by atoms with Crippen LogP contribution in [0.2, 0.25) is 5.02 Å². The fraction of sp³-hybridized carbons (Fsp3) is 0.286. The van der Waals surface area contributed by atoms with Crippen molar-refractivity contribution in [1.29, 1.82) is 0 Å². The Hall–Kier alpha value is -2.35. The summed E-state index contributed by atoms with van der Waals surface area (Å²) in [6, 6.07) is 13.9. The first-order valence-electron chi connectivity index (χ1n) is 9.31. The van der Waals surface area contributed by atoms with E-state index in [9.17, 15) is 13.2 Å². The smallest absolute Gasteiger partial charge is 0.242 e. The van der Waals surface area contributed by atoms with Crippen molar-refractivity contribution in [2.45, 2.75) is 31.2 Å². The van der Waals surface area contributed by atoms with Crippen LogP contribution in [0.25, 0.3) is 11.0 Å². The van der Waals surface area contributed by atoms with Crippen molar-refractivity contribution in [3.8, 4) is 0 Å². The number of benzene rings is 2. The number of carbonyl (C=O) groups is 1. The lowest BCUT2D eigenvalue weighted by Gasteiger charge is -2.17. The topological polar surface area (TPSA) is 79.6 Å². The van der Waals surface area contributed by atoms with Crippen LogP contribution in [0.3, 0.4) is 0 Å². The van der Waals surface area contributed by atoms with E-state index >= 15 is 0 Å². The van der Waals surface area contributed by atoms with E-state index < -0.39 is 10.0 Å². The number of amides is 1. The fourth-order valence-corrected chi connectivity index (χ4v) is 4.71. The molecule has 1 aromatic heterocycles. The third-order valence-corrected chi connectivity index (χ3v) is 6.64. The Morgan fingerprint density at radius 3 is 2.55 bits per heavy atom. The largest absolute Gasteiger partial charge is 0.461 e. The minimum absolute atomic E-state index is 0.0000696. The summed E-state index contributed by atoms with van der Waals surface area (Å²) >= 11 is 5.95. The number of rotatable bonds is 8. The van der Waals surface area contributed by atoms with Gasteiger partial charge in [0.25, 0.3) is 0 Å². The van der Waals surface area contributed by atoms with Crippen LogP contribution in [0.1, 0.15) is 24.7 Å². The molecule has 0 bridgehead atoms. The minimum atomic E-state index is -3.77. The van der Waals surface area contributed by atoms with Crippen molar-refractivity contribution >= 4 is 38.5 Å². The molecule has 0 saturated carbocycles. The molecule has 0 aliphatic rings. The van der Waals surface area contributed by atoms with Gasteiger partial charge in [0.15, 0.2) is 0 Å². The Kier molecular flexibility index (Phi) is 6.62. The number of para-hydroxylation sites is 1. The van der Waals surface area contributed by atoms with Gasteiger partial charge in [0.2, 0.25) is 15.9 Å². The van der Waals surface area contributed by atoms with Gasteiger partial charge < -0.3 is 9.32 Å². The zero-order valence-corrected chi connectivity index (χ0v) is 17.9. The van der Waals surface area contributed by atoms with Crippen LogP contribution in [-0.2, 0) is 27.8 Å². The summed E-state index contributed by atoms with van der Waals surface area (Å²) in [5.41, 5.74) is 1.78. The molecule has 1 N–H and O–H groups in total. The lowest BCUT2D eigenvalue weighted by atomic mass is 10.1. The summed E-state index contributed by atoms with van der Waals surface area (Å²) in [5.74, 6) is 0.685. The van der Waals surface area contributed by atoms with Crippen LogP contribution in [0.15, 0.2) is 57.8 Å². The first kappa shape index (κ1) is 21.4. The molecule has 0 spiro atoms. The highest BCUT2D eigenvalue weighted by Gasteiger charge is 2.20. The Labute approximate surface area is 175 Å². The van der Waals surface area contributed by atoms with E-state index in [1.165, 1.54) is 12.1 Å². The molecule has 0 unspecified atom stereocenters. The van der Waals surface area contributed by atoms with Gasteiger partial charge >= 0.3 is 0 Å². The van der Waals surface area contributed by atoms with E-state index in [4.69, 9.17) is 16.0 Å². The number of nitrogens with zero attached hydrogens (tertiary/aromatic N) is 1. The maximum atomic E-state index is 12.5. The highest BCUT2D eigenvalue weighted by atomic mass is 35.5. The number of fused-ring (bicyclic) bond motifs is 1. The molecule has 6 nitrogen and oxygen atoms in total. The zero-order chi connectivity index (χ0) is 21.0. The summed E-state index contributed by atoms with van der Waals surface area (Å²) in [6.07, 6.45) is 0.765. The molecular weight excluding hydrogens is 412 g/mol. The van der Waals surface area contributed by atoms with Gasteiger partial charge in [-0.15, -0.1) is 0 Å². The molecule has 0 fully saturated rings. The molecule has 154 valence electrons. The van der Waals surface area contributed by atoms with Crippen LogP contribution in [0.4, 0.5) is 0 Å². The molecule has 0 saturated heterocycles. The predicted octanol–water partition coefficient (Wildman–Crippen LogP) is 3.98. The van der Waals surface area contributed by atoms with E-state index in [-0.39, 0.29) is 28.8 Å². The van der Waals surface area contributed by atoms with E-state index in [0.29, 0.717) is 6.54 Å². The third-order valence-electron chi connectivity index (χ3n) is 4.68. The molecule has 8 heteroatoms. The number of halogens is 1. The molecule has 1 amide bonds. The van der Waals surface area contributed by atoms with Crippen LogP contribution in [-0.4, -0.2) is 32.8 Å². The van der Waals surface area contributed by atoms with E-state index in [1.54, 1.807) is 24.1 Å². The molecule has 0 aliphatic heterocycles. The summed E-state index contributed by atoms with van der Waals surface area (Å²) in [7, 11) is -2.07. The van der Waals surface area contributed by atoms with Gasteiger partial charge in [0.05, 0.1) is 5.02 Å². The van der Waals surface area contributed by atoms with Crippen molar-refractivity contribution in [2.24, 2.45) is 0 Å². The summed E-state index contributed by atoms with van der Waals surface area (Å²) in [4.78, 5) is 14.1. The maximum Gasteiger partial charge on any atom is 0.242 e. The van der Waals surface area contributed by atoms with Gasteiger partial charge in [0, 0.05) is 43.9 Å². The lowest BCUT2D eigenvalue weighted by molar-refractivity contribution is -0.130. The number of furan rings is 1. The van der Waals surface area contributed by atoms with Crippen LogP contribution in [0.5, 0.6) is 0 Å². The molecule has 2 aromatic carbocycles. The quantitative estimate of drug-likeness (QED) is 0.581. The number of hydrogen-bond donors (Lipinski definition) is 1. The van der Waals surface area contributed by atoms with Crippen molar-refractivity contribution in [3.63, 3.8) is 0 Å². The predicted molar refractivity (Wildman–Crippen MR) is 113 cm³/mol. The first-order valence-corrected chi connectivity index (χ1v) is 11.2. The van der Waals surface area contributed by atoms with Gasteiger partial charge in [-0.05, 0) is 18.2 Å². The summed E-state index contributed by atoms with van der Waals surface area (Å²) in [5, 5.41) is 1.13. The number of hydrogen-bond acceptors (Lipinski definition) is 4. The van der Waals surface area contributed by atoms with Crippen LogP contribution < -0.4 is 4.72 Å². The Morgan fingerprint density at radius 2 is 1.83 bits per heavy atom. The highest BCUT2D eigenvalue weighted by Crippen LogP contribution is 2.27. The normalized spacial score (nSPS) is 11.7. The van der Waals surface area contributed by atoms with Gasteiger partial charge in [-0.25, -0.2) is 13.1 Å². The zero-order valence-electron chi connectivity index (χ0n) is 16.3. The molecule has 0 radical (unpaired) electrons. The van der Waals surface area contributed by atoms with Crippen molar-refractivity contribution < 1.29 is 17.6 Å². The van der Waals surface area contributed by atoms with E-state index in [1.807, 2.05) is 31.2 Å². The van der Waals surface area contributed by atoms with Crippen molar-refractivity contribution in [1.82, 2.24) is 9.62 Å². The SMILES string of the molecule is CCc1oc2ccccc2c1CN(C)C(=O)CCNS(=O)(=O)c1ccccc1Cl. The molecule has 0 aliphatic carbocycles. The molecule has 3 rings (SSSR count). The van der Waals surface area contributed by atoms with Gasteiger partial charge in [0.1, 0.15) is 16.2 Å². The molecule has 3 aromatic rings. The molecule has 0 atom stereocenters. The average Bonchev–Trinajstić information content (AvgIpc) is 3.05. The van der Waals surface area contributed by atoms with E-state index in [0.717, 1.165) is 28.7 Å². The highest BCUT2D eigenvalue weighted by molar-refractivity contribution is 7.89. The maximum absolute atomic E-state index is 12.5. The first-order chi connectivity index (χ1) is 13.8. The van der Waals surface area contributed by atoms with Crippen molar-refractivity contribution in [3.05, 3.63) is 64.9 Å². The standard InChI is InChI=1S/C21H23ClN2O4S/c1-3-18-16(15-8-4-6-10-19(15)28-18)14-24(2)21(25)12-13-23-29(26,27)20-11-7-5-9-17(20)22/h4-11,23H,3,12-14H2,1-2H3. The van der Waals surface area contributed by atoms with Crippen molar-refractivity contribution in [2.75, 3.05) is 13.6 Å².